The van der Waals surface area contributed by atoms with Crippen LogP contribution < -0.4 is 10.6 Å². The van der Waals surface area contributed by atoms with E-state index in [0.29, 0.717) is 17.1 Å². The third-order valence-corrected chi connectivity index (χ3v) is 5.48. The van der Waals surface area contributed by atoms with Gasteiger partial charge in [0, 0.05) is 17.5 Å². The molecule has 2 aromatic rings. The van der Waals surface area contributed by atoms with Gasteiger partial charge in [0.15, 0.2) is 0 Å². The van der Waals surface area contributed by atoms with Crippen molar-refractivity contribution in [3.05, 3.63) is 70.6 Å². The van der Waals surface area contributed by atoms with Crippen LogP contribution >= 0.6 is 11.3 Å². The number of aryl methyl sites for hydroxylation is 1. The van der Waals surface area contributed by atoms with Crippen molar-refractivity contribution in [1.82, 2.24) is 5.32 Å². The standard InChI is InChI=1S/C21H22N2O2S/c1-2-14-22-20(25)19-16-10-6-7-11-17(16)26-21(19)23-18(24)13-12-15-8-4-3-5-9-15/h2-5,8-9,12-13H,1,6-7,10-11,14H2,(H,22,25)(H,23,24)/b13-12+. The molecule has 0 aliphatic heterocycles. The lowest BCUT2D eigenvalue weighted by atomic mass is 9.95. The second-order valence-corrected chi connectivity index (χ2v) is 7.25. The van der Waals surface area contributed by atoms with Gasteiger partial charge >= 0.3 is 0 Å². The summed E-state index contributed by atoms with van der Waals surface area (Å²) >= 11 is 1.52. The Morgan fingerprint density at radius 1 is 1.15 bits per heavy atom. The minimum Gasteiger partial charge on any atom is -0.348 e. The van der Waals surface area contributed by atoms with E-state index < -0.39 is 0 Å². The van der Waals surface area contributed by atoms with Crippen LogP contribution in [0.4, 0.5) is 5.00 Å². The van der Waals surface area contributed by atoms with Crippen molar-refractivity contribution >= 4 is 34.2 Å². The van der Waals surface area contributed by atoms with Gasteiger partial charge in [-0.25, -0.2) is 0 Å². The van der Waals surface area contributed by atoms with E-state index in [1.165, 1.54) is 22.3 Å². The molecule has 2 amide bonds. The molecule has 0 unspecified atom stereocenters. The van der Waals surface area contributed by atoms with Gasteiger partial charge in [0.1, 0.15) is 5.00 Å². The third kappa shape index (κ3) is 4.29. The Labute approximate surface area is 157 Å². The molecular formula is C21H22N2O2S. The molecule has 0 bridgehead atoms. The summed E-state index contributed by atoms with van der Waals surface area (Å²) in [4.78, 5) is 26.2. The van der Waals surface area contributed by atoms with E-state index in [0.717, 1.165) is 36.8 Å². The largest absolute Gasteiger partial charge is 0.348 e. The summed E-state index contributed by atoms with van der Waals surface area (Å²) < 4.78 is 0. The summed E-state index contributed by atoms with van der Waals surface area (Å²) in [5, 5.41) is 6.38. The monoisotopic (exact) mass is 366 g/mol. The van der Waals surface area contributed by atoms with Gasteiger partial charge in [-0.15, -0.1) is 17.9 Å². The van der Waals surface area contributed by atoms with Crippen LogP contribution in [0.1, 0.15) is 39.2 Å². The first-order valence-electron chi connectivity index (χ1n) is 8.77. The molecule has 1 aliphatic rings. The van der Waals surface area contributed by atoms with Crippen LogP contribution in [-0.2, 0) is 17.6 Å². The van der Waals surface area contributed by atoms with Gasteiger partial charge < -0.3 is 10.6 Å². The molecule has 0 saturated carbocycles. The zero-order valence-corrected chi connectivity index (χ0v) is 15.4. The SMILES string of the molecule is C=CCNC(=O)c1c(NC(=O)/C=C/c2ccccc2)sc2c1CCCC2. The number of carbonyl (C=O) groups excluding carboxylic acids is 2. The summed E-state index contributed by atoms with van der Waals surface area (Å²) in [5.41, 5.74) is 2.66. The Morgan fingerprint density at radius 2 is 1.92 bits per heavy atom. The first kappa shape index (κ1) is 18.1. The summed E-state index contributed by atoms with van der Waals surface area (Å²) in [5.74, 6) is -0.378. The predicted octanol–water partition coefficient (Wildman–Crippen LogP) is 4.19. The van der Waals surface area contributed by atoms with Crippen LogP contribution in [0, 0.1) is 0 Å². The van der Waals surface area contributed by atoms with Crippen molar-refractivity contribution in [3.8, 4) is 0 Å². The molecule has 0 fully saturated rings. The smallest absolute Gasteiger partial charge is 0.254 e. The Bertz CT molecular complexity index is 837. The number of thiophene rings is 1. The topological polar surface area (TPSA) is 58.2 Å². The van der Waals surface area contributed by atoms with Crippen LogP contribution in [0.2, 0.25) is 0 Å². The minimum absolute atomic E-state index is 0.147. The fourth-order valence-electron chi connectivity index (χ4n) is 3.04. The first-order chi connectivity index (χ1) is 12.7. The Hall–Kier alpha value is -2.66. The quantitative estimate of drug-likeness (QED) is 0.595. The van der Waals surface area contributed by atoms with Crippen LogP contribution in [0.5, 0.6) is 0 Å². The molecule has 0 spiro atoms. The van der Waals surface area contributed by atoms with E-state index in [-0.39, 0.29) is 11.8 Å². The number of fused-ring (bicyclic) bond motifs is 1. The Kier molecular flexibility index (Phi) is 6.02. The highest BCUT2D eigenvalue weighted by Gasteiger charge is 2.25. The van der Waals surface area contributed by atoms with E-state index in [9.17, 15) is 9.59 Å². The number of hydrogen-bond acceptors (Lipinski definition) is 3. The van der Waals surface area contributed by atoms with E-state index in [1.807, 2.05) is 30.3 Å². The summed E-state index contributed by atoms with van der Waals surface area (Å²) in [6, 6.07) is 9.64. The van der Waals surface area contributed by atoms with Gasteiger partial charge in [0.25, 0.3) is 5.91 Å². The molecule has 2 N–H and O–H groups in total. The second kappa shape index (κ2) is 8.63. The van der Waals surface area contributed by atoms with Gasteiger partial charge in [-0.2, -0.15) is 0 Å². The van der Waals surface area contributed by atoms with E-state index in [1.54, 1.807) is 12.2 Å². The number of benzene rings is 1. The lowest BCUT2D eigenvalue weighted by molar-refractivity contribution is -0.111. The maximum Gasteiger partial charge on any atom is 0.254 e. The molecule has 0 radical (unpaired) electrons. The molecule has 0 saturated heterocycles. The van der Waals surface area contributed by atoms with Crippen molar-refractivity contribution < 1.29 is 9.59 Å². The molecule has 1 aliphatic carbocycles. The Morgan fingerprint density at radius 3 is 2.69 bits per heavy atom. The summed E-state index contributed by atoms with van der Waals surface area (Å²) in [6.45, 7) is 4.04. The van der Waals surface area contributed by atoms with Crippen molar-refractivity contribution in [2.75, 3.05) is 11.9 Å². The van der Waals surface area contributed by atoms with Gasteiger partial charge in [-0.3, -0.25) is 9.59 Å². The van der Waals surface area contributed by atoms with E-state index >= 15 is 0 Å². The molecule has 134 valence electrons. The van der Waals surface area contributed by atoms with Gasteiger partial charge in [0.05, 0.1) is 5.56 Å². The molecule has 1 heterocycles. The fraction of sp³-hybridized carbons (Fsp3) is 0.238. The van der Waals surface area contributed by atoms with Crippen LogP contribution in [0.15, 0.2) is 49.1 Å². The minimum atomic E-state index is -0.231. The van der Waals surface area contributed by atoms with Crippen molar-refractivity contribution in [2.45, 2.75) is 25.7 Å². The number of hydrogen-bond donors (Lipinski definition) is 2. The average molecular weight is 366 g/mol. The molecular weight excluding hydrogens is 344 g/mol. The van der Waals surface area contributed by atoms with Crippen LogP contribution in [-0.4, -0.2) is 18.4 Å². The molecule has 26 heavy (non-hydrogen) atoms. The number of anilines is 1. The molecule has 3 rings (SSSR count). The van der Waals surface area contributed by atoms with Crippen molar-refractivity contribution in [2.24, 2.45) is 0 Å². The lowest BCUT2D eigenvalue weighted by Crippen LogP contribution is -2.25. The average Bonchev–Trinajstić information content (AvgIpc) is 3.03. The summed E-state index contributed by atoms with van der Waals surface area (Å²) in [6.07, 6.45) is 8.97. The third-order valence-electron chi connectivity index (χ3n) is 4.27. The zero-order valence-electron chi connectivity index (χ0n) is 14.6. The van der Waals surface area contributed by atoms with Gasteiger partial charge in [-0.05, 0) is 42.9 Å². The Balaban J connectivity index is 1.81. The van der Waals surface area contributed by atoms with Crippen molar-refractivity contribution in [3.63, 3.8) is 0 Å². The molecule has 1 aromatic heterocycles. The zero-order chi connectivity index (χ0) is 18.4. The summed E-state index contributed by atoms with van der Waals surface area (Å²) in [7, 11) is 0. The maximum absolute atomic E-state index is 12.6. The molecule has 0 atom stereocenters. The number of rotatable bonds is 6. The highest BCUT2D eigenvalue weighted by Crippen LogP contribution is 2.38. The molecule has 5 heteroatoms. The normalized spacial score (nSPS) is 13.2. The highest BCUT2D eigenvalue weighted by molar-refractivity contribution is 7.17. The number of nitrogens with one attached hydrogen (secondary N) is 2. The number of carbonyl (C=O) groups is 2. The molecule has 1 aromatic carbocycles. The van der Waals surface area contributed by atoms with Crippen LogP contribution in [0.25, 0.3) is 6.08 Å². The van der Waals surface area contributed by atoms with E-state index in [2.05, 4.69) is 17.2 Å². The highest BCUT2D eigenvalue weighted by atomic mass is 32.1. The van der Waals surface area contributed by atoms with Crippen LogP contribution in [0.3, 0.4) is 0 Å². The van der Waals surface area contributed by atoms with Gasteiger partial charge in [-0.1, -0.05) is 36.4 Å². The number of amides is 2. The first-order valence-corrected chi connectivity index (χ1v) is 9.58. The molecule has 4 nitrogen and oxygen atoms in total. The van der Waals surface area contributed by atoms with E-state index in [4.69, 9.17) is 0 Å². The van der Waals surface area contributed by atoms with Gasteiger partial charge in [0.2, 0.25) is 5.91 Å². The fourth-order valence-corrected chi connectivity index (χ4v) is 4.33. The maximum atomic E-state index is 12.6. The second-order valence-electron chi connectivity index (χ2n) is 6.15. The predicted molar refractivity (Wildman–Crippen MR) is 108 cm³/mol. The lowest BCUT2D eigenvalue weighted by Gasteiger charge is -2.12. The van der Waals surface area contributed by atoms with Crippen molar-refractivity contribution in [1.29, 1.82) is 0 Å².